The molecule has 7 rings (SSSR count). The van der Waals surface area contributed by atoms with E-state index in [0.717, 1.165) is 51.4 Å². The molecule has 4 aliphatic rings. The predicted octanol–water partition coefficient (Wildman–Crippen LogP) is 6.42. The molecule has 2 aliphatic carbocycles. The lowest BCUT2D eigenvalue weighted by Gasteiger charge is -2.30. The van der Waals surface area contributed by atoms with Gasteiger partial charge in [-0.1, -0.05) is 51.7 Å². The summed E-state index contributed by atoms with van der Waals surface area (Å²) < 4.78 is 18.4. The van der Waals surface area contributed by atoms with E-state index in [9.17, 15) is 29.4 Å². The monoisotopic (exact) mass is 775 g/mol. The van der Waals surface area contributed by atoms with Gasteiger partial charge in [0.05, 0.1) is 30.5 Å². The zero-order valence-electron chi connectivity index (χ0n) is 31.2. The molecule has 5 atom stereocenters. The van der Waals surface area contributed by atoms with E-state index >= 15 is 0 Å². The van der Waals surface area contributed by atoms with E-state index in [2.05, 4.69) is 15.6 Å². The second-order valence-corrected chi connectivity index (χ2v) is 16.4. The van der Waals surface area contributed by atoms with Gasteiger partial charge in [-0.05, 0) is 56.6 Å². The zero-order chi connectivity index (χ0) is 38.7. The predicted molar refractivity (Wildman–Crippen MR) is 205 cm³/mol. The van der Waals surface area contributed by atoms with Crippen molar-refractivity contribution in [1.82, 2.24) is 20.2 Å². The maximum Gasteiger partial charge on any atom is 0.413 e. The van der Waals surface area contributed by atoms with Crippen LogP contribution in [0.15, 0.2) is 41.8 Å². The number of amides is 3. The maximum absolute atomic E-state index is 14.5. The van der Waals surface area contributed by atoms with Crippen LogP contribution in [-0.2, 0) is 23.9 Å². The van der Waals surface area contributed by atoms with E-state index in [1.54, 1.807) is 17.5 Å². The molecule has 3 fully saturated rings. The average molecular weight is 776 g/mol. The summed E-state index contributed by atoms with van der Waals surface area (Å²) in [5.41, 5.74) is -0.136. The summed E-state index contributed by atoms with van der Waals surface area (Å²) in [6.45, 7) is 4.22. The van der Waals surface area contributed by atoms with Gasteiger partial charge in [0.25, 0.3) is 5.91 Å². The number of hydrogen-bond acceptors (Lipinski definition) is 11. The number of fused-ring (bicyclic) bond motifs is 3. The molecule has 14 nitrogen and oxygen atoms in total. The number of carboxylic acid groups (broad SMARTS) is 1. The lowest BCUT2D eigenvalue weighted by Crippen LogP contribution is -2.54. The van der Waals surface area contributed by atoms with Gasteiger partial charge >= 0.3 is 12.1 Å². The number of aliphatic carboxylic acids is 1. The van der Waals surface area contributed by atoms with Gasteiger partial charge in [0, 0.05) is 35.2 Å². The smallest absolute Gasteiger partial charge is 0.413 e. The quantitative estimate of drug-likeness (QED) is 0.176. The highest BCUT2D eigenvalue weighted by Crippen LogP contribution is 2.45. The number of nitrogens with one attached hydrogen (secondary N) is 2. The number of carbonyl (C=O) groups is 4. The summed E-state index contributed by atoms with van der Waals surface area (Å²) in [5, 5.41) is 28.7. The summed E-state index contributed by atoms with van der Waals surface area (Å²) in [4.78, 5) is 64.3. The summed E-state index contributed by atoms with van der Waals surface area (Å²) in [5.74, 6) is -1.69. The first-order valence-corrected chi connectivity index (χ1v) is 20.2. The SMILES string of the molecule is CC(C)COC(=O)Nc1nc(-c2cc(OC3CC4C(=O)NC5(C(=O)O)CC5/C=C/CCCCCC(OC5CCCC5)C(=O)N4C3)c3ccc(O)cc3n2)cs1. The second kappa shape index (κ2) is 16.5. The molecule has 2 aromatic heterocycles. The average Bonchev–Trinajstić information content (AvgIpc) is 3.58. The number of allylic oxidation sites excluding steroid dienone is 1. The van der Waals surface area contributed by atoms with Crippen molar-refractivity contribution in [3.63, 3.8) is 0 Å². The first kappa shape index (κ1) is 38.5. The zero-order valence-corrected chi connectivity index (χ0v) is 32.0. The highest BCUT2D eigenvalue weighted by Gasteiger charge is 2.61. The van der Waals surface area contributed by atoms with Gasteiger partial charge in [0.15, 0.2) is 5.13 Å². The number of ether oxygens (including phenoxy) is 3. The number of anilines is 1. The molecule has 0 bridgehead atoms. The number of aromatic nitrogens is 2. The van der Waals surface area contributed by atoms with E-state index in [0.29, 0.717) is 39.6 Å². The molecular weight excluding hydrogens is 727 g/mol. The molecule has 55 heavy (non-hydrogen) atoms. The molecule has 294 valence electrons. The van der Waals surface area contributed by atoms with Crippen LogP contribution in [0.25, 0.3) is 22.3 Å². The Balaban J connectivity index is 1.17. The number of carboxylic acids is 1. The Bertz CT molecular complexity index is 1940. The number of phenols is 1. The molecule has 0 radical (unpaired) electrons. The van der Waals surface area contributed by atoms with Crippen LogP contribution in [0, 0.1) is 11.8 Å². The normalized spacial score (nSPS) is 26.8. The summed E-state index contributed by atoms with van der Waals surface area (Å²) in [7, 11) is 0. The number of rotatable bonds is 9. The van der Waals surface area contributed by atoms with Crippen molar-refractivity contribution in [2.24, 2.45) is 11.8 Å². The van der Waals surface area contributed by atoms with E-state index in [1.807, 2.05) is 26.0 Å². The van der Waals surface area contributed by atoms with E-state index in [1.165, 1.54) is 28.4 Å². The number of thiazole rings is 1. The number of aromatic hydroxyl groups is 1. The summed E-state index contributed by atoms with van der Waals surface area (Å²) >= 11 is 1.20. The lowest BCUT2D eigenvalue weighted by molar-refractivity contribution is -0.153. The Hall–Kier alpha value is -4.76. The Labute approximate surface area is 323 Å². The van der Waals surface area contributed by atoms with Crippen molar-refractivity contribution in [3.8, 4) is 22.9 Å². The molecule has 1 aromatic carbocycles. The van der Waals surface area contributed by atoms with Crippen molar-refractivity contribution in [3.05, 3.63) is 41.8 Å². The highest BCUT2D eigenvalue weighted by molar-refractivity contribution is 7.14. The molecule has 15 heteroatoms. The third kappa shape index (κ3) is 8.88. The fraction of sp³-hybridized carbons (Fsp3) is 0.550. The molecule has 2 aliphatic heterocycles. The maximum atomic E-state index is 14.5. The Morgan fingerprint density at radius 2 is 1.85 bits per heavy atom. The molecule has 4 N–H and O–H groups in total. The largest absolute Gasteiger partial charge is 0.508 e. The van der Waals surface area contributed by atoms with Gasteiger partial charge in [-0.15, -0.1) is 11.3 Å². The summed E-state index contributed by atoms with van der Waals surface area (Å²) in [6, 6.07) is 5.44. The Morgan fingerprint density at radius 3 is 2.64 bits per heavy atom. The number of benzene rings is 1. The van der Waals surface area contributed by atoms with E-state index < -0.39 is 41.8 Å². The third-order valence-corrected chi connectivity index (χ3v) is 11.6. The number of hydrogen-bond donors (Lipinski definition) is 4. The fourth-order valence-corrected chi connectivity index (χ4v) is 8.46. The molecule has 5 unspecified atom stereocenters. The number of nitrogens with zero attached hydrogens (tertiary/aromatic N) is 3. The second-order valence-electron chi connectivity index (χ2n) is 15.5. The fourth-order valence-electron chi connectivity index (χ4n) is 7.77. The van der Waals surface area contributed by atoms with Crippen LogP contribution < -0.4 is 15.4 Å². The number of pyridine rings is 1. The van der Waals surface area contributed by atoms with Gasteiger partial charge in [0.2, 0.25) is 5.91 Å². The van der Waals surface area contributed by atoms with Crippen molar-refractivity contribution in [2.75, 3.05) is 18.5 Å². The van der Waals surface area contributed by atoms with Crippen LogP contribution in [0.4, 0.5) is 9.93 Å². The van der Waals surface area contributed by atoms with Crippen LogP contribution in [0.1, 0.15) is 84.5 Å². The van der Waals surface area contributed by atoms with Crippen LogP contribution in [0.5, 0.6) is 11.5 Å². The van der Waals surface area contributed by atoms with Crippen molar-refractivity contribution in [2.45, 2.75) is 114 Å². The van der Waals surface area contributed by atoms with Crippen molar-refractivity contribution >= 4 is 51.2 Å². The molecule has 0 spiro atoms. The third-order valence-electron chi connectivity index (χ3n) is 10.8. The van der Waals surface area contributed by atoms with Gasteiger partial charge in [-0.2, -0.15) is 0 Å². The van der Waals surface area contributed by atoms with Crippen LogP contribution in [0.2, 0.25) is 0 Å². The number of phenolic OH excluding ortho intramolecular Hbond substituents is 1. The molecule has 3 aromatic rings. The lowest BCUT2D eigenvalue weighted by atomic mass is 10.1. The molecule has 1 saturated heterocycles. The van der Waals surface area contributed by atoms with Gasteiger partial charge in [-0.25, -0.2) is 19.6 Å². The van der Waals surface area contributed by atoms with Crippen LogP contribution >= 0.6 is 11.3 Å². The van der Waals surface area contributed by atoms with Crippen LogP contribution in [0.3, 0.4) is 0 Å². The Morgan fingerprint density at radius 1 is 1.05 bits per heavy atom. The van der Waals surface area contributed by atoms with Gasteiger partial charge in [0.1, 0.15) is 41.0 Å². The van der Waals surface area contributed by atoms with Crippen LogP contribution in [-0.4, -0.2) is 92.0 Å². The minimum absolute atomic E-state index is 0.000411. The topological polar surface area (TPSA) is 190 Å². The standard InChI is InChI=1S/C40H49N5O9S/c1-23(2)21-52-39(51)43-38-42-31(22-55-38)30-18-34(28-15-14-25(46)16-29(28)41-30)54-27-17-32-35(47)44-40(37(49)50)19-24(40)10-6-4-3-5-7-13-33(36(48)45(32)20-27)53-26-11-8-9-12-26/h6,10,14-16,18,22-24,26-27,32-33,46H,3-5,7-9,11-13,17,19-21H2,1-2H3,(H,44,47)(H,49,50)(H,42,43,51)/b10-6+. The Kier molecular flexibility index (Phi) is 11.6. The summed E-state index contributed by atoms with van der Waals surface area (Å²) in [6.07, 6.45) is 10.1. The van der Waals surface area contributed by atoms with E-state index in [-0.39, 0.29) is 55.6 Å². The first-order chi connectivity index (χ1) is 26.5. The molecule has 2 saturated carbocycles. The van der Waals surface area contributed by atoms with Gasteiger partial charge in [-0.3, -0.25) is 14.9 Å². The minimum Gasteiger partial charge on any atom is -0.508 e. The van der Waals surface area contributed by atoms with Gasteiger partial charge < -0.3 is 34.6 Å². The van der Waals surface area contributed by atoms with Crippen molar-refractivity contribution in [1.29, 1.82) is 0 Å². The molecule has 3 amide bonds. The van der Waals surface area contributed by atoms with Crippen molar-refractivity contribution < 1.29 is 43.6 Å². The highest BCUT2D eigenvalue weighted by atomic mass is 32.1. The molecular formula is C40H49N5O9S. The first-order valence-electron chi connectivity index (χ1n) is 19.4. The minimum atomic E-state index is -1.42. The number of carbonyl (C=O) groups excluding carboxylic acids is 3. The van der Waals surface area contributed by atoms with E-state index in [4.69, 9.17) is 19.2 Å². The molecule has 4 heterocycles.